The van der Waals surface area contributed by atoms with Gasteiger partial charge in [0.15, 0.2) is 0 Å². The monoisotopic (exact) mass is 480 g/mol. The molecule has 0 radical (unpaired) electrons. The number of fused-ring (bicyclic) bond motifs is 1. The van der Waals surface area contributed by atoms with Crippen molar-refractivity contribution in [3.63, 3.8) is 0 Å². The van der Waals surface area contributed by atoms with Crippen LogP contribution in [0.5, 0.6) is 0 Å². The summed E-state index contributed by atoms with van der Waals surface area (Å²) in [7, 11) is -4.06. The fourth-order valence-electron chi connectivity index (χ4n) is 3.39. The van der Waals surface area contributed by atoms with Crippen molar-refractivity contribution in [2.75, 3.05) is 11.2 Å². The quantitative estimate of drug-likeness (QED) is 0.252. The molecule has 0 spiro atoms. The van der Waals surface area contributed by atoms with Crippen LogP contribution in [0.2, 0.25) is 0 Å². The third kappa shape index (κ3) is 7.95. The second kappa shape index (κ2) is 9.72. The van der Waals surface area contributed by atoms with Crippen molar-refractivity contribution in [3.8, 4) is 0 Å². The van der Waals surface area contributed by atoms with Crippen LogP contribution in [0.25, 0.3) is 9.53 Å². The first kappa shape index (κ1) is 23.8. The Labute approximate surface area is 191 Å². The van der Waals surface area contributed by atoms with Crippen molar-refractivity contribution in [2.24, 2.45) is 21.6 Å². The lowest BCUT2D eigenvalue weighted by atomic mass is 9.83. The highest BCUT2D eigenvalue weighted by atomic mass is 32.2. The molecule has 2 aromatic heterocycles. The normalized spacial score (nSPS) is 13.8. The number of anilines is 1. The number of azo groups is 1. The summed E-state index contributed by atoms with van der Waals surface area (Å²) in [5.74, 6) is 0.161. The Balaban J connectivity index is 1.56. The number of nitrogens with one attached hydrogen (secondary N) is 1. The van der Waals surface area contributed by atoms with Gasteiger partial charge in [0.1, 0.15) is 10.7 Å². The number of nitrogens with zero attached hydrogens (tertiary/aromatic N) is 3. The maximum absolute atomic E-state index is 10.8. The van der Waals surface area contributed by atoms with E-state index in [1.165, 1.54) is 29.1 Å². The lowest BCUT2D eigenvalue weighted by Gasteiger charge is -2.22. The molecular weight excluding hydrogens is 452 g/mol. The molecule has 2 N–H and O–H groups in total. The van der Waals surface area contributed by atoms with Crippen LogP contribution in [0.3, 0.4) is 0 Å². The molecule has 0 aliphatic rings. The van der Waals surface area contributed by atoms with Gasteiger partial charge in [0.25, 0.3) is 10.1 Å². The first-order chi connectivity index (χ1) is 14.5. The molecule has 0 saturated heterocycles. The van der Waals surface area contributed by atoms with Gasteiger partial charge in [0.05, 0.1) is 10.4 Å². The van der Waals surface area contributed by atoms with E-state index >= 15 is 0 Å². The number of thiazole rings is 1. The minimum absolute atomic E-state index is 0.369. The summed E-state index contributed by atoms with van der Waals surface area (Å²) in [6, 6.07) is 8.99. The van der Waals surface area contributed by atoms with E-state index in [1.807, 2.05) is 0 Å². The van der Waals surface area contributed by atoms with Gasteiger partial charge in [-0.15, -0.1) is 21.6 Å². The Morgan fingerprint density at radius 2 is 1.87 bits per heavy atom. The van der Waals surface area contributed by atoms with E-state index in [0.717, 1.165) is 16.0 Å². The Morgan fingerprint density at radius 3 is 2.48 bits per heavy atom. The molecule has 168 valence electrons. The van der Waals surface area contributed by atoms with E-state index in [0.29, 0.717) is 27.8 Å². The summed E-state index contributed by atoms with van der Waals surface area (Å²) in [5.41, 5.74) is 1.56. The number of thiophene rings is 1. The fourth-order valence-corrected chi connectivity index (χ4v) is 5.81. The van der Waals surface area contributed by atoms with Crippen molar-refractivity contribution < 1.29 is 13.0 Å². The van der Waals surface area contributed by atoms with Gasteiger partial charge in [-0.3, -0.25) is 4.55 Å². The molecule has 31 heavy (non-hydrogen) atoms. The average molecular weight is 481 g/mol. The molecule has 7 nitrogen and oxygen atoms in total. The zero-order valence-corrected chi connectivity index (χ0v) is 20.6. The van der Waals surface area contributed by atoms with Crippen LogP contribution < -0.4 is 5.32 Å². The van der Waals surface area contributed by atoms with E-state index < -0.39 is 16.0 Å². The van der Waals surface area contributed by atoms with E-state index in [9.17, 15) is 8.42 Å². The molecule has 0 fully saturated rings. The molecule has 1 aromatic carbocycles. The molecule has 2 heterocycles. The topological polar surface area (TPSA) is 104 Å². The van der Waals surface area contributed by atoms with Crippen molar-refractivity contribution in [3.05, 3.63) is 35.2 Å². The molecule has 0 aliphatic heterocycles. The highest BCUT2D eigenvalue weighted by Gasteiger charge is 2.16. The first-order valence-electron chi connectivity index (χ1n) is 10.1. The highest BCUT2D eigenvalue weighted by Crippen LogP contribution is 2.36. The number of benzene rings is 1. The number of rotatable bonds is 9. The number of aryl methyl sites for hydroxylation is 1. The Morgan fingerprint density at radius 1 is 1.16 bits per heavy atom. The van der Waals surface area contributed by atoms with Crippen molar-refractivity contribution >= 4 is 58.8 Å². The van der Waals surface area contributed by atoms with E-state index in [2.05, 4.69) is 54.3 Å². The van der Waals surface area contributed by atoms with Crippen LogP contribution >= 0.6 is 22.7 Å². The van der Waals surface area contributed by atoms with Gasteiger partial charge in [0, 0.05) is 10.6 Å². The highest BCUT2D eigenvalue weighted by molar-refractivity contribution is 7.85. The van der Waals surface area contributed by atoms with E-state index in [1.54, 1.807) is 35.6 Å². The maximum Gasteiger partial charge on any atom is 0.283 e. The van der Waals surface area contributed by atoms with Crippen LogP contribution in [0.1, 0.15) is 45.4 Å². The molecule has 0 aliphatic carbocycles. The molecule has 1 atom stereocenters. The van der Waals surface area contributed by atoms with Crippen LogP contribution in [-0.4, -0.2) is 23.8 Å². The lowest BCUT2D eigenvalue weighted by Crippen LogP contribution is -2.12. The Kier molecular flexibility index (Phi) is 7.46. The fraction of sp³-hybridized carbons (Fsp3) is 0.476. The smallest absolute Gasteiger partial charge is 0.283 e. The molecule has 1 unspecified atom stereocenters. The van der Waals surface area contributed by atoms with Crippen molar-refractivity contribution in [1.82, 2.24) is 4.98 Å². The predicted molar refractivity (Wildman–Crippen MR) is 130 cm³/mol. The second-order valence-corrected chi connectivity index (χ2v) is 12.5. The van der Waals surface area contributed by atoms with Crippen molar-refractivity contribution in [2.45, 2.75) is 47.0 Å². The summed E-state index contributed by atoms with van der Waals surface area (Å²) in [6.07, 6.45) is 3.50. The predicted octanol–water partition coefficient (Wildman–Crippen LogP) is 7.04. The number of hydrogen-bond donors (Lipinski definition) is 2. The maximum atomic E-state index is 10.8. The Bertz CT molecular complexity index is 1110. The summed E-state index contributed by atoms with van der Waals surface area (Å²) >= 11 is 3.26. The molecule has 0 amide bonds. The van der Waals surface area contributed by atoms with Crippen molar-refractivity contribution in [1.29, 1.82) is 0 Å². The SMILES string of the molecule is CC(CCc1cc2sc(N=Nc3ccc(NCS(=O)(=O)O)cc3)nc2s1)CC(C)(C)C. The number of aromatic nitrogens is 1. The Hall–Kier alpha value is -1.88. The zero-order chi connectivity index (χ0) is 22.6. The molecule has 3 aromatic rings. The van der Waals surface area contributed by atoms with E-state index in [4.69, 9.17) is 4.55 Å². The largest absolute Gasteiger partial charge is 0.370 e. The third-order valence-electron chi connectivity index (χ3n) is 4.55. The lowest BCUT2D eigenvalue weighted by molar-refractivity contribution is 0.297. The number of hydrogen-bond acceptors (Lipinski definition) is 8. The van der Waals surface area contributed by atoms with Gasteiger partial charge in [-0.25, -0.2) is 4.98 Å². The first-order valence-corrected chi connectivity index (χ1v) is 13.3. The standard InChI is InChI=1S/C21H28N4O3S3/c1-14(12-21(2,3)4)5-10-17-11-18-19(29-17)23-20(30-18)25-24-16-8-6-15(7-9-16)22-13-31(26,27)28/h6-9,11,14,22H,5,10,12-13H2,1-4H3,(H,26,27,28). The minimum Gasteiger partial charge on any atom is -0.370 e. The molecule has 10 heteroatoms. The summed E-state index contributed by atoms with van der Waals surface area (Å²) in [6.45, 7) is 9.20. The van der Waals surface area contributed by atoms with Gasteiger partial charge in [0.2, 0.25) is 5.13 Å². The van der Waals surface area contributed by atoms with Gasteiger partial charge in [-0.2, -0.15) is 8.42 Å². The van der Waals surface area contributed by atoms with Crippen LogP contribution in [0, 0.1) is 11.3 Å². The van der Waals surface area contributed by atoms with Gasteiger partial charge < -0.3 is 5.32 Å². The summed E-state index contributed by atoms with van der Waals surface area (Å²) < 4.78 is 31.5. The van der Waals surface area contributed by atoms with Gasteiger partial charge in [-0.05, 0) is 60.9 Å². The van der Waals surface area contributed by atoms with Gasteiger partial charge in [-0.1, -0.05) is 39.0 Å². The summed E-state index contributed by atoms with van der Waals surface area (Å²) in [4.78, 5) is 6.95. The molecular formula is C21H28N4O3S3. The molecule has 3 rings (SSSR count). The molecule has 0 saturated carbocycles. The summed E-state index contributed by atoms with van der Waals surface area (Å²) in [5, 5.41) is 11.7. The van der Waals surface area contributed by atoms with Gasteiger partial charge >= 0.3 is 0 Å². The average Bonchev–Trinajstić information content (AvgIpc) is 3.20. The molecule has 0 bridgehead atoms. The van der Waals surface area contributed by atoms with E-state index in [-0.39, 0.29) is 0 Å². The third-order valence-corrected chi connectivity index (χ3v) is 7.16. The van der Waals surface area contributed by atoms with Crippen LogP contribution in [0.4, 0.5) is 16.5 Å². The van der Waals surface area contributed by atoms with Crippen LogP contribution in [0.15, 0.2) is 40.6 Å². The van der Waals surface area contributed by atoms with Crippen LogP contribution in [-0.2, 0) is 16.5 Å². The zero-order valence-electron chi connectivity index (χ0n) is 18.1. The minimum atomic E-state index is -4.06. The second-order valence-electron chi connectivity index (χ2n) is 8.94.